The van der Waals surface area contributed by atoms with E-state index in [0.717, 1.165) is 0 Å². The summed E-state index contributed by atoms with van der Waals surface area (Å²) in [5.41, 5.74) is 8.48. The SMILES string of the molecule is N#Cc1cc([N+](=O)[O-])ccc1C#CCCN=[N+]=[N-]. The maximum absolute atomic E-state index is 10.5. The Kier molecular flexibility index (Phi) is 4.74. The molecule has 0 spiro atoms. The first-order valence-electron chi connectivity index (χ1n) is 4.87. The third-order valence-corrected chi connectivity index (χ3v) is 1.96. The molecule has 18 heavy (non-hydrogen) atoms. The Bertz CT molecular complexity index is 615. The van der Waals surface area contributed by atoms with Crippen LogP contribution < -0.4 is 0 Å². The number of hydrogen-bond acceptors (Lipinski definition) is 4. The lowest BCUT2D eigenvalue weighted by molar-refractivity contribution is -0.384. The van der Waals surface area contributed by atoms with Crippen LogP contribution in [-0.2, 0) is 0 Å². The first-order chi connectivity index (χ1) is 8.69. The van der Waals surface area contributed by atoms with E-state index in [9.17, 15) is 10.1 Å². The highest BCUT2D eigenvalue weighted by atomic mass is 16.6. The minimum Gasteiger partial charge on any atom is -0.258 e. The molecule has 0 radical (unpaired) electrons. The lowest BCUT2D eigenvalue weighted by atomic mass is 10.1. The molecule has 0 N–H and O–H groups in total. The Morgan fingerprint density at radius 1 is 1.50 bits per heavy atom. The van der Waals surface area contributed by atoms with Gasteiger partial charge >= 0.3 is 0 Å². The van der Waals surface area contributed by atoms with Crippen LogP contribution >= 0.6 is 0 Å². The van der Waals surface area contributed by atoms with Crippen LogP contribution in [0.5, 0.6) is 0 Å². The fraction of sp³-hybridized carbons (Fsp3) is 0.182. The van der Waals surface area contributed by atoms with E-state index in [1.807, 2.05) is 6.07 Å². The quantitative estimate of drug-likeness (QED) is 0.154. The van der Waals surface area contributed by atoms with Crippen LogP contribution in [0.15, 0.2) is 23.3 Å². The highest BCUT2D eigenvalue weighted by Gasteiger charge is 2.08. The van der Waals surface area contributed by atoms with E-state index in [1.165, 1.54) is 18.2 Å². The minimum absolute atomic E-state index is 0.147. The summed E-state index contributed by atoms with van der Waals surface area (Å²) >= 11 is 0. The van der Waals surface area contributed by atoms with Gasteiger partial charge in [0.25, 0.3) is 5.69 Å². The van der Waals surface area contributed by atoms with Crippen molar-refractivity contribution in [1.82, 2.24) is 0 Å². The monoisotopic (exact) mass is 241 g/mol. The molecule has 0 aliphatic rings. The predicted octanol–water partition coefficient (Wildman–Crippen LogP) is 2.52. The van der Waals surface area contributed by atoms with Gasteiger partial charge in [-0.05, 0) is 11.6 Å². The standard InChI is InChI=1S/C11H7N5O2/c12-8-10-7-11(16(17)18)5-4-9(10)3-1-2-6-14-15-13/h4-5,7H,2,6H2. The highest BCUT2D eigenvalue weighted by Crippen LogP contribution is 2.16. The Morgan fingerprint density at radius 2 is 2.28 bits per heavy atom. The van der Waals surface area contributed by atoms with Gasteiger partial charge in [-0.15, -0.1) is 0 Å². The average Bonchev–Trinajstić information content (AvgIpc) is 2.38. The molecule has 0 aliphatic carbocycles. The van der Waals surface area contributed by atoms with Crippen LogP contribution in [0.4, 0.5) is 5.69 Å². The van der Waals surface area contributed by atoms with Gasteiger partial charge in [0.05, 0.1) is 10.5 Å². The zero-order valence-corrected chi connectivity index (χ0v) is 9.20. The van der Waals surface area contributed by atoms with E-state index >= 15 is 0 Å². The predicted molar refractivity (Wildman–Crippen MR) is 63.3 cm³/mol. The molecule has 7 nitrogen and oxygen atoms in total. The van der Waals surface area contributed by atoms with E-state index in [-0.39, 0.29) is 17.8 Å². The number of rotatable bonds is 3. The molecule has 1 aromatic rings. The van der Waals surface area contributed by atoms with Crippen LogP contribution in [-0.4, -0.2) is 11.5 Å². The molecule has 0 unspecified atom stereocenters. The molecule has 0 amide bonds. The molecular weight excluding hydrogens is 234 g/mol. The maximum Gasteiger partial charge on any atom is 0.270 e. The molecule has 0 saturated heterocycles. The number of nitriles is 1. The number of non-ortho nitro benzene ring substituents is 1. The van der Waals surface area contributed by atoms with E-state index in [1.54, 1.807) is 0 Å². The first kappa shape index (κ1) is 13.0. The highest BCUT2D eigenvalue weighted by molar-refractivity contribution is 5.53. The molecule has 0 aromatic heterocycles. The van der Waals surface area contributed by atoms with Crippen molar-refractivity contribution in [3.63, 3.8) is 0 Å². The summed E-state index contributed by atoms with van der Waals surface area (Å²) < 4.78 is 0. The van der Waals surface area contributed by atoms with Crippen LogP contribution in [0.1, 0.15) is 17.5 Å². The van der Waals surface area contributed by atoms with Gasteiger partial charge < -0.3 is 0 Å². The van der Waals surface area contributed by atoms with Gasteiger partial charge in [0.1, 0.15) is 6.07 Å². The summed E-state index contributed by atoms with van der Waals surface area (Å²) in [4.78, 5) is 12.5. The van der Waals surface area contributed by atoms with Gasteiger partial charge in [-0.3, -0.25) is 10.1 Å². The number of nitro groups is 1. The van der Waals surface area contributed by atoms with Crippen molar-refractivity contribution < 1.29 is 4.92 Å². The molecule has 0 fully saturated rings. The van der Waals surface area contributed by atoms with Gasteiger partial charge in [-0.1, -0.05) is 17.0 Å². The van der Waals surface area contributed by atoms with Crippen LogP contribution in [0.2, 0.25) is 0 Å². The van der Waals surface area contributed by atoms with E-state index < -0.39 is 4.92 Å². The van der Waals surface area contributed by atoms with Crippen LogP contribution in [0.25, 0.3) is 10.4 Å². The van der Waals surface area contributed by atoms with Crippen molar-refractivity contribution in [3.05, 3.63) is 49.9 Å². The Hall–Kier alpha value is -3.02. The molecule has 1 rings (SSSR count). The van der Waals surface area contributed by atoms with Crippen molar-refractivity contribution in [2.75, 3.05) is 6.54 Å². The largest absolute Gasteiger partial charge is 0.270 e. The van der Waals surface area contributed by atoms with Gasteiger partial charge in [-0.25, -0.2) is 0 Å². The summed E-state index contributed by atoms with van der Waals surface area (Å²) in [7, 11) is 0. The Labute approximate surface area is 102 Å². The molecule has 0 heterocycles. The van der Waals surface area contributed by atoms with Crippen molar-refractivity contribution in [1.29, 1.82) is 5.26 Å². The zero-order valence-electron chi connectivity index (χ0n) is 9.20. The summed E-state index contributed by atoms with van der Waals surface area (Å²) in [6, 6.07) is 5.75. The van der Waals surface area contributed by atoms with Crippen LogP contribution in [0, 0.1) is 33.3 Å². The smallest absolute Gasteiger partial charge is 0.258 e. The second kappa shape index (κ2) is 6.54. The molecule has 1 aromatic carbocycles. The van der Waals surface area contributed by atoms with Crippen LogP contribution in [0.3, 0.4) is 0 Å². The third kappa shape index (κ3) is 3.53. The summed E-state index contributed by atoms with van der Waals surface area (Å²) in [6.07, 6.45) is 0.367. The molecular formula is C11H7N5O2. The van der Waals surface area contributed by atoms with E-state index in [2.05, 4.69) is 21.9 Å². The topological polar surface area (TPSA) is 116 Å². The molecule has 0 atom stereocenters. The molecule has 0 saturated carbocycles. The third-order valence-electron chi connectivity index (χ3n) is 1.96. The van der Waals surface area contributed by atoms with Crippen molar-refractivity contribution in [2.24, 2.45) is 5.11 Å². The lowest BCUT2D eigenvalue weighted by Crippen LogP contribution is -1.91. The second-order valence-corrected chi connectivity index (χ2v) is 3.11. The van der Waals surface area contributed by atoms with Gasteiger partial charge in [-0.2, -0.15) is 5.26 Å². The Balaban J connectivity index is 2.93. The van der Waals surface area contributed by atoms with Crippen molar-refractivity contribution in [2.45, 2.75) is 6.42 Å². The number of azide groups is 1. The Morgan fingerprint density at radius 3 is 2.89 bits per heavy atom. The van der Waals surface area contributed by atoms with E-state index in [4.69, 9.17) is 10.8 Å². The summed E-state index contributed by atoms with van der Waals surface area (Å²) in [5, 5.41) is 22.7. The van der Waals surface area contributed by atoms with Gasteiger partial charge in [0, 0.05) is 35.6 Å². The van der Waals surface area contributed by atoms with Crippen molar-refractivity contribution in [3.8, 4) is 17.9 Å². The maximum atomic E-state index is 10.5. The molecule has 0 bridgehead atoms. The normalized spacial score (nSPS) is 8.39. The minimum atomic E-state index is -0.570. The van der Waals surface area contributed by atoms with Gasteiger partial charge in [0.2, 0.25) is 0 Å². The average molecular weight is 241 g/mol. The van der Waals surface area contributed by atoms with E-state index in [0.29, 0.717) is 12.0 Å². The molecule has 88 valence electrons. The fourth-order valence-electron chi connectivity index (χ4n) is 1.16. The number of benzene rings is 1. The lowest BCUT2D eigenvalue weighted by Gasteiger charge is -1.95. The second-order valence-electron chi connectivity index (χ2n) is 3.11. The molecule has 7 heteroatoms. The molecule has 0 aliphatic heterocycles. The van der Waals surface area contributed by atoms with Gasteiger partial charge in [0.15, 0.2) is 0 Å². The first-order valence-corrected chi connectivity index (χ1v) is 4.87. The number of nitro benzene ring substituents is 1. The fourth-order valence-corrected chi connectivity index (χ4v) is 1.16. The van der Waals surface area contributed by atoms with Crippen molar-refractivity contribution >= 4 is 5.69 Å². The zero-order chi connectivity index (χ0) is 13.4. The number of nitrogens with zero attached hydrogens (tertiary/aromatic N) is 5. The number of hydrogen-bond donors (Lipinski definition) is 0. The summed E-state index contributed by atoms with van der Waals surface area (Å²) in [6.45, 7) is 0.248. The summed E-state index contributed by atoms with van der Waals surface area (Å²) in [5.74, 6) is 5.43.